The van der Waals surface area contributed by atoms with Crippen LogP contribution in [0, 0.1) is 0 Å². The molecule has 2 heterocycles. The first-order valence-corrected chi connectivity index (χ1v) is 9.30. The van der Waals surface area contributed by atoms with Gasteiger partial charge in [0.2, 0.25) is 5.88 Å². The van der Waals surface area contributed by atoms with Crippen LogP contribution >= 0.6 is 0 Å². The molecule has 0 radical (unpaired) electrons. The van der Waals surface area contributed by atoms with Gasteiger partial charge in [0.25, 0.3) is 5.91 Å². The largest absolute Gasteiger partial charge is 0.439 e. The third kappa shape index (κ3) is 5.56. The number of hydrogen-bond acceptors (Lipinski definition) is 7. The molecule has 0 bridgehead atoms. The average molecular weight is 445 g/mol. The Kier molecular flexibility index (Phi) is 6.37. The van der Waals surface area contributed by atoms with Crippen LogP contribution in [-0.4, -0.2) is 32.7 Å². The number of hydrogen-bond donors (Lipinski definition) is 2. The van der Waals surface area contributed by atoms with E-state index in [4.69, 9.17) is 10.5 Å². The van der Waals surface area contributed by atoms with Gasteiger partial charge in [-0.1, -0.05) is 0 Å². The van der Waals surface area contributed by atoms with Crippen LogP contribution in [0.1, 0.15) is 29.9 Å². The number of ether oxygens (including phenoxy) is 1. The summed E-state index contributed by atoms with van der Waals surface area (Å²) in [6, 6.07) is 9.07. The molecule has 3 N–H and O–H groups in total. The zero-order chi connectivity index (χ0) is 23.5. The van der Waals surface area contributed by atoms with Gasteiger partial charge in [0.1, 0.15) is 17.3 Å². The lowest BCUT2D eigenvalue weighted by Crippen LogP contribution is -2.25. The highest BCUT2D eigenvalue weighted by molar-refractivity contribution is 5.92. The van der Waals surface area contributed by atoms with Gasteiger partial charge in [0.15, 0.2) is 11.6 Å². The summed E-state index contributed by atoms with van der Waals surface area (Å²) in [7, 11) is 0. The normalized spacial score (nSPS) is 12.2. The lowest BCUT2D eigenvalue weighted by Gasteiger charge is -2.13. The lowest BCUT2D eigenvalue weighted by molar-refractivity contribution is -0.137. The minimum atomic E-state index is -4.48. The van der Waals surface area contributed by atoms with Crippen molar-refractivity contribution in [2.45, 2.75) is 26.1 Å². The molecular formula is C21H18F3N5O3. The predicted molar refractivity (Wildman–Crippen MR) is 109 cm³/mol. The number of nitrogens with one attached hydrogen (secondary N) is 1. The molecule has 0 fully saturated rings. The van der Waals surface area contributed by atoms with E-state index in [1.807, 2.05) is 0 Å². The van der Waals surface area contributed by atoms with Crippen LogP contribution in [0.2, 0.25) is 0 Å². The van der Waals surface area contributed by atoms with Gasteiger partial charge < -0.3 is 15.8 Å². The highest BCUT2D eigenvalue weighted by Gasteiger charge is 2.30. The Labute approximate surface area is 180 Å². The molecule has 1 atom stereocenters. The van der Waals surface area contributed by atoms with Crippen molar-refractivity contribution < 1.29 is 27.5 Å². The second-order valence-electron chi connectivity index (χ2n) is 6.81. The standard InChI is InChI=1S/C21H18F3N5O3/c1-11(12(2)30)27-17-9-16(19(25)31)28-20(29-17)13-3-6-15(7-4-13)32-18-8-5-14(10-26-18)21(22,23)24/h3-11H,1-2H3,(H2,25,31)(H,27,28,29)/t11-/m0/s1. The lowest BCUT2D eigenvalue weighted by atomic mass is 10.2. The van der Waals surface area contributed by atoms with E-state index in [0.29, 0.717) is 17.5 Å². The number of carbonyl (C=O) groups excluding carboxylic acids is 2. The number of aromatic nitrogens is 3. The van der Waals surface area contributed by atoms with Crippen molar-refractivity contribution in [3.05, 3.63) is 59.9 Å². The molecule has 0 saturated heterocycles. The molecule has 0 unspecified atom stereocenters. The number of anilines is 1. The first-order chi connectivity index (χ1) is 15.0. The summed E-state index contributed by atoms with van der Waals surface area (Å²) in [6.07, 6.45) is -3.80. The monoisotopic (exact) mass is 445 g/mol. The molecule has 1 amide bonds. The van der Waals surface area contributed by atoms with E-state index in [-0.39, 0.29) is 29.0 Å². The molecule has 166 valence electrons. The van der Waals surface area contributed by atoms with Gasteiger partial charge in [0, 0.05) is 23.9 Å². The number of Topliss-reactive ketones (excluding diaryl/α,β-unsaturated/α-hetero) is 1. The molecule has 0 spiro atoms. The molecule has 3 aromatic rings. The van der Waals surface area contributed by atoms with Crippen LogP contribution in [0.25, 0.3) is 11.4 Å². The minimum Gasteiger partial charge on any atom is -0.439 e. The number of nitrogens with two attached hydrogens (primary N) is 1. The van der Waals surface area contributed by atoms with E-state index >= 15 is 0 Å². The molecule has 2 aromatic heterocycles. The van der Waals surface area contributed by atoms with Crippen molar-refractivity contribution in [1.29, 1.82) is 0 Å². The van der Waals surface area contributed by atoms with Gasteiger partial charge in [-0.15, -0.1) is 0 Å². The summed E-state index contributed by atoms with van der Waals surface area (Å²) < 4.78 is 43.3. The molecule has 8 nitrogen and oxygen atoms in total. The third-order valence-electron chi connectivity index (χ3n) is 4.35. The average Bonchev–Trinajstić information content (AvgIpc) is 2.73. The molecule has 0 saturated carbocycles. The van der Waals surface area contributed by atoms with Gasteiger partial charge in [-0.25, -0.2) is 15.0 Å². The number of halogens is 3. The van der Waals surface area contributed by atoms with Gasteiger partial charge in [-0.05, 0) is 44.2 Å². The van der Waals surface area contributed by atoms with Crippen LogP contribution < -0.4 is 15.8 Å². The van der Waals surface area contributed by atoms with E-state index in [0.717, 1.165) is 12.1 Å². The van der Waals surface area contributed by atoms with Gasteiger partial charge in [-0.3, -0.25) is 9.59 Å². The summed E-state index contributed by atoms with van der Waals surface area (Å²) in [4.78, 5) is 35.2. The fourth-order valence-corrected chi connectivity index (χ4v) is 2.50. The van der Waals surface area contributed by atoms with Crippen LogP contribution in [0.5, 0.6) is 11.6 Å². The van der Waals surface area contributed by atoms with E-state index in [2.05, 4.69) is 20.3 Å². The smallest absolute Gasteiger partial charge is 0.417 e. The SMILES string of the molecule is CC(=O)[C@H](C)Nc1cc(C(N)=O)nc(-c2ccc(Oc3ccc(C(F)(F)F)cn3)cc2)n1. The Morgan fingerprint density at radius 2 is 1.78 bits per heavy atom. The number of ketones is 1. The summed E-state index contributed by atoms with van der Waals surface area (Å²) >= 11 is 0. The Morgan fingerprint density at radius 3 is 2.31 bits per heavy atom. The molecular weight excluding hydrogens is 427 g/mol. The summed E-state index contributed by atoms with van der Waals surface area (Å²) in [6.45, 7) is 3.06. The van der Waals surface area contributed by atoms with Crippen molar-refractivity contribution in [2.75, 3.05) is 5.32 Å². The van der Waals surface area contributed by atoms with Gasteiger partial charge in [-0.2, -0.15) is 13.2 Å². The van der Waals surface area contributed by atoms with Crippen LogP contribution in [0.3, 0.4) is 0 Å². The number of amides is 1. The molecule has 32 heavy (non-hydrogen) atoms. The molecule has 1 aromatic carbocycles. The number of alkyl halides is 3. The summed E-state index contributed by atoms with van der Waals surface area (Å²) in [5.41, 5.74) is 4.94. The van der Waals surface area contributed by atoms with E-state index in [9.17, 15) is 22.8 Å². The molecule has 11 heteroatoms. The number of benzene rings is 1. The van der Waals surface area contributed by atoms with Crippen LogP contribution in [-0.2, 0) is 11.0 Å². The Bertz CT molecular complexity index is 1130. The first-order valence-electron chi connectivity index (χ1n) is 9.30. The van der Waals surface area contributed by atoms with Gasteiger partial charge in [0.05, 0.1) is 11.6 Å². The van der Waals surface area contributed by atoms with Crippen molar-refractivity contribution in [2.24, 2.45) is 5.73 Å². The number of pyridine rings is 1. The summed E-state index contributed by atoms with van der Waals surface area (Å²) in [5, 5.41) is 2.88. The zero-order valence-electron chi connectivity index (χ0n) is 17.0. The molecule has 0 aliphatic carbocycles. The predicted octanol–water partition coefficient (Wildman–Crippen LogP) is 3.84. The second kappa shape index (κ2) is 9.00. The van der Waals surface area contributed by atoms with Crippen LogP contribution in [0.4, 0.5) is 19.0 Å². The van der Waals surface area contributed by atoms with Crippen molar-refractivity contribution >= 4 is 17.5 Å². The molecule has 0 aliphatic heterocycles. The maximum absolute atomic E-state index is 12.6. The first kappa shape index (κ1) is 22.7. The number of nitrogens with zero attached hydrogens (tertiary/aromatic N) is 3. The Morgan fingerprint density at radius 1 is 1.09 bits per heavy atom. The highest BCUT2D eigenvalue weighted by atomic mass is 19.4. The second-order valence-corrected chi connectivity index (χ2v) is 6.81. The Hall–Kier alpha value is -4.02. The van der Waals surface area contributed by atoms with E-state index in [1.165, 1.54) is 13.0 Å². The maximum Gasteiger partial charge on any atom is 0.417 e. The van der Waals surface area contributed by atoms with Crippen LogP contribution in [0.15, 0.2) is 48.7 Å². The highest BCUT2D eigenvalue weighted by Crippen LogP contribution is 2.30. The van der Waals surface area contributed by atoms with Crippen molar-refractivity contribution in [3.63, 3.8) is 0 Å². The summed E-state index contributed by atoms with van der Waals surface area (Å²) in [5.74, 6) is -0.151. The third-order valence-corrected chi connectivity index (χ3v) is 4.35. The minimum absolute atomic E-state index is 0.0116. The quantitative estimate of drug-likeness (QED) is 0.567. The zero-order valence-corrected chi connectivity index (χ0v) is 17.0. The fraction of sp³-hybridized carbons (Fsp3) is 0.190. The maximum atomic E-state index is 12.6. The van der Waals surface area contributed by atoms with E-state index < -0.39 is 23.7 Å². The Balaban J connectivity index is 1.82. The molecule has 0 aliphatic rings. The van der Waals surface area contributed by atoms with E-state index in [1.54, 1.807) is 31.2 Å². The van der Waals surface area contributed by atoms with Crippen molar-refractivity contribution in [3.8, 4) is 23.0 Å². The fourth-order valence-electron chi connectivity index (χ4n) is 2.50. The van der Waals surface area contributed by atoms with Crippen molar-refractivity contribution in [1.82, 2.24) is 15.0 Å². The topological polar surface area (TPSA) is 120 Å². The number of primary amides is 1. The molecule has 3 rings (SSSR count). The number of carbonyl (C=O) groups is 2. The number of rotatable bonds is 7. The van der Waals surface area contributed by atoms with Gasteiger partial charge >= 0.3 is 6.18 Å².